The first-order valence-corrected chi connectivity index (χ1v) is 8.43. The van der Waals surface area contributed by atoms with Gasteiger partial charge in [0.15, 0.2) is 0 Å². The van der Waals surface area contributed by atoms with Crippen LogP contribution in [0.25, 0.3) is 0 Å². The molecule has 0 saturated heterocycles. The summed E-state index contributed by atoms with van der Waals surface area (Å²) < 4.78 is 5.66. The van der Waals surface area contributed by atoms with Crippen LogP contribution in [0.2, 0.25) is 0 Å². The second-order valence-electron chi connectivity index (χ2n) is 5.42. The highest BCUT2D eigenvalue weighted by Gasteiger charge is 2.14. The Morgan fingerprint density at radius 1 is 1.05 bits per heavy atom. The number of hydrogen-bond acceptors (Lipinski definition) is 3. The summed E-state index contributed by atoms with van der Waals surface area (Å²) in [5.41, 5.74) is 1.34. The summed E-state index contributed by atoms with van der Waals surface area (Å²) in [4.78, 5) is 2.51. The van der Waals surface area contributed by atoms with E-state index in [0.29, 0.717) is 6.04 Å². The standard InChI is InChI=1S/C18H32N2O/c1-5-13-20(8-4)15-18(19-7-3)16-9-11-17(12-10-16)21-14-6-2/h9-12,18-19H,5-8,13-15H2,1-4H3. The number of benzene rings is 1. The van der Waals surface area contributed by atoms with Crippen LogP contribution in [0.1, 0.15) is 52.1 Å². The van der Waals surface area contributed by atoms with Crippen LogP contribution in [-0.4, -0.2) is 37.7 Å². The van der Waals surface area contributed by atoms with Crippen molar-refractivity contribution in [3.8, 4) is 5.75 Å². The van der Waals surface area contributed by atoms with Crippen LogP contribution in [0.4, 0.5) is 0 Å². The molecule has 0 bridgehead atoms. The molecule has 1 aromatic rings. The monoisotopic (exact) mass is 292 g/mol. The van der Waals surface area contributed by atoms with E-state index in [4.69, 9.17) is 4.74 Å². The maximum atomic E-state index is 5.66. The Balaban J connectivity index is 2.70. The molecule has 0 aliphatic rings. The highest BCUT2D eigenvalue weighted by Crippen LogP contribution is 2.19. The summed E-state index contributed by atoms with van der Waals surface area (Å²) >= 11 is 0. The minimum absolute atomic E-state index is 0.390. The van der Waals surface area contributed by atoms with E-state index < -0.39 is 0 Å². The molecule has 0 heterocycles. The zero-order chi connectivity index (χ0) is 15.5. The molecule has 120 valence electrons. The van der Waals surface area contributed by atoms with Crippen molar-refractivity contribution < 1.29 is 4.74 Å². The molecule has 1 rings (SSSR count). The molecule has 0 amide bonds. The summed E-state index contributed by atoms with van der Waals surface area (Å²) in [6.45, 7) is 13.9. The van der Waals surface area contributed by atoms with E-state index in [0.717, 1.165) is 45.0 Å². The van der Waals surface area contributed by atoms with Crippen LogP contribution < -0.4 is 10.1 Å². The molecule has 0 aliphatic carbocycles. The first kappa shape index (κ1) is 18.0. The molecule has 3 heteroatoms. The molecule has 0 aromatic heterocycles. The lowest BCUT2D eigenvalue weighted by atomic mass is 10.1. The molecule has 3 nitrogen and oxygen atoms in total. The summed E-state index contributed by atoms with van der Waals surface area (Å²) in [6.07, 6.45) is 2.25. The fourth-order valence-electron chi connectivity index (χ4n) is 2.50. The zero-order valence-electron chi connectivity index (χ0n) is 14.2. The maximum Gasteiger partial charge on any atom is 0.119 e. The van der Waals surface area contributed by atoms with Crippen molar-refractivity contribution in [2.24, 2.45) is 0 Å². The van der Waals surface area contributed by atoms with Crippen molar-refractivity contribution in [3.05, 3.63) is 29.8 Å². The van der Waals surface area contributed by atoms with Gasteiger partial charge in [0.1, 0.15) is 5.75 Å². The first-order valence-electron chi connectivity index (χ1n) is 8.43. The molecule has 0 spiro atoms. The van der Waals surface area contributed by atoms with Gasteiger partial charge >= 0.3 is 0 Å². The van der Waals surface area contributed by atoms with Gasteiger partial charge in [0.05, 0.1) is 6.61 Å². The lowest BCUT2D eigenvalue weighted by Crippen LogP contribution is -2.35. The van der Waals surface area contributed by atoms with Crippen LogP contribution in [0, 0.1) is 0 Å². The summed E-state index contributed by atoms with van der Waals surface area (Å²) in [6, 6.07) is 8.95. The van der Waals surface area contributed by atoms with Crippen molar-refractivity contribution in [3.63, 3.8) is 0 Å². The Kier molecular flexibility index (Phi) is 9.11. The Morgan fingerprint density at radius 2 is 1.76 bits per heavy atom. The number of nitrogens with zero attached hydrogens (tertiary/aromatic N) is 1. The minimum atomic E-state index is 0.390. The molecule has 1 atom stereocenters. The van der Waals surface area contributed by atoms with Gasteiger partial charge in [-0.25, -0.2) is 0 Å². The predicted molar refractivity (Wildman–Crippen MR) is 91.1 cm³/mol. The number of ether oxygens (including phenoxy) is 1. The number of hydrogen-bond donors (Lipinski definition) is 1. The van der Waals surface area contributed by atoms with Crippen LogP contribution in [0.15, 0.2) is 24.3 Å². The topological polar surface area (TPSA) is 24.5 Å². The fraction of sp³-hybridized carbons (Fsp3) is 0.667. The van der Waals surface area contributed by atoms with Crippen LogP contribution in [0.5, 0.6) is 5.75 Å². The van der Waals surface area contributed by atoms with Gasteiger partial charge in [-0.1, -0.05) is 39.8 Å². The van der Waals surface area contributed by atoms with E-state index in [2.05, 4.69) is 62.2 Å². The summed E-state index contributed by atoms with van der Waals surface area (Å²) in [7, 11) is 0. The quantitative estimate of drug-likeness (QED) is 0.670. The SMILES string of the molecule is CCCOc1ccc(C(CN(CC)CCC)NCC)cc1. The molecule has 0 aliphatic heterocycles. The number of rotatable bonds is 11. The lowest BCUT2D eigenvalue weighted by molar-refractivity contribution is 0.255. The summed E-state index contributed by atoms with van der Waals surface area (Å²) in [5, 5.41) is 3.60. The van der Waals surface area contributed by atoms with Crippen LogP contribution >= 0.6 is 0 Å². The Bertz CT molecular complexity index is 364. The average Bonchev–Trinajstić information content (AvgIpc) is 2.52. The summed E-state index contributed by atoms with van der Waals surface area (Å²) in [5.74, 6) is 0.969. The second kappa shape index (κ2) is 10.6. The Morgan fingerprint density at radius 3 is 2.29 bits per heavy atom. The van der Waals surface area contributed by atoms with E-state index in [1.165, 1.54) is 12.0 Å². The molecule has 1 aromatic carbocycles. The van der Waals surface area contributed by atoms with Gasteiger partial charge in [-0.3, -0.25) is 0 Å². The maximum absolute atomic E-state index is 5.66. The normalized spacial score (nSPS) is 12.6. The number of nitrogens with one attached hydrogen (secondary N) is 1. The van der Waals surface area contributed by atoms with Crippen molar-refractivity contribution in [2.45, 2.75) is 46.6 Å². The zero-order valence-corrected chi connectivity index (χ0v) is 14.2. The molecule has 1 N–H and O–H groups in total. The van der Waals surface area contributed by atoms with E-state index in [1.807, 2.05) is 0 Å². The molecule has 0 fully saturated rings. The van der Waals surface area contributed by atoms with E-state index in [-0.39, 0.29) is 0 Å². The van der Waals surface area contributed by atoms with Gasteiger partial charge in [-0.05, 0) is 50.2 Å². The third-order valence-electron chi connectivity index (χ3n) is 3.63. The van der Waals surface area contributed by atoms with E-state index in [9.17, 15) is 0 Å². The van der Waals surface area contributed by atoms with Gasteiger partial charge in [0, 0.05) is 12.6 Å². The molecule has 21 heavy (non-hydrogen) atoms. The van der Waals surface area contributed by atoms with Gasteiger partial charge in [-0.2, -0.15) is 0 Å². The molecular weight excluding hydrogens is 260 g/mol. The number of likely N-dealkylation sites (N-methyl/N-ethyl adjacent to an activating group) is 2. The minimum Gasteiger partial charge on any atom is -0.494 e. The van der Waals surface area contributed by atoms with E-state index >= 15 is 0 Å². The van der Waals surface area contributed by atoms with Gasteiger partial charge in [0.2, 0.25) is 0 Å². The second-order valence-corrected chi connectivity index (χ2v) is 5.42. The third kappa shape index (κ3) is 6.49. The van der Waals surface area contributed by atoms with Gasteiger partial charge < -0.3 is 15.0 Å². The first-order chi connectivity index (χ1) is 10.2. The Labute approximate surface area is 130 Å². The van der Waals surface area contributed by atoms with Crippen molar-refractivity contribution in [1.29, 1.82) is 0 Å². The largest absolute Gasteiger partial charge is 0.494 e. The smallest absolute Gasteiger partial charge is 0.119 e. The highest BCUT2D eigenvalue weighted by molar-refractivity contribution is 5.29. The van der Waals surface area contributed by atoms with Gasteiger partial charge in [0.25, 0.3) is 0 Å². The molecular formula is C18H32N2O. The molecule has 0 radical (unpaired) electrons. The van der Waals surface area contributed by atoms with Crippen molar-refractivity contribution in [2.75, 3.05) is 32.8 Å². The molecule has 0 saturated carbocycles. The third-order valence-corrected chi connectivity index (χ3v) is 3.63. The highest BCUT2D eigenvalue weighted by atomic mass is 16.5. The van der Waals surface area contributed by atoms with E-state index in [1.54, 1.807) is 0 Å². The Hall–Kier alpha value is -1.06. The fourth-order valence-corrected chi connectivity index (χ4v) is 2.50. The van der Waals surface area contributed by atoms with Crippen molar-refractivity contribution >= 4 is 0 Å². The molecule has 1 unspecified atom stereocenters. The predicted octanol–water partition coefficient (Wildman–Crippen LogP) is 3.86. The lowest BCUT2D eigenvalue weighted by Gasteiger charge is -2.27. The van der Waals surface area contributed by atoms with Crippen LogP contribution in [-0.2, 0) is 0 Å². The van der Waals surface area contributed by atoms with Crippen molar-refractivity contribution in [1.82, 2.24) is 10.2 Å². The van der Waals surface area contributed by atoms with Gasteiger partial charge in [-0.15, -0.1) is 0 Å². The van der Waals surface area contributed by atoms with Crippen LogP contribution in [0.3, 0.4) is 0 Å². The average molecular weight is 292 g/mol.